The smallest absolute Gasteiger partial charge is 0.0983 e. The first-order chi connectivity index (χ1) is 8.33. The molecular weight excluding hydrogens is 212 g/mol. The summed E-state index contributed by atoms with van der Waals surface area (Å²) in [5, 5.41) is 8.04. The minimum atomic E-state index is 0.719. The van der Waals surface area contributed by atoms with Crippen LogP contribution < -0.4 is 5.32 Å². The first-order valence-electron chi connectivity index (χ1n) is 5.99. The van der Waals surface area contributed by atoms with Gasteiger partial charge in [0.2, 0.25) is 0 Å². The van der Waals surface area contributed by atoms with Gasteiger partial charge in [0.05, 0.1) is 5.69 Å². The van der Waals surface area contributed by atoms with Crippen molar-refractivity contribution < 1.29 is 0 Å². The van der Waals surface area contributed by atoms with E-state index in [4.69, 9.17) is 0 Å². The van der Waals surface area contributed by atoms with E-state index in [-0.39, 0.29) is 0 Å². The largest absolute Gasteiger partial charge is 0.310 e. The molecule has 0 atom stereocenters. The summed E-state index contributed by atoms with van der Waals surface area (Å²) in [6, 6.07) is 4.72. The van der Waals surface area contributed by atoms with Crippen LogP contribution in [0.2, 0.25) is 0 Å². The van der Waals surface area contributed by atoms with Crippen molar-refractivity contribution in [1.82, 2.24) is 20.1 Å². The fourth-order valence-electron chi connectivity index (χ4n) is 1.95. The van der Waals surface area contributed by atoms with Gasteiger partial charge in [0.15, 0.2) is 0 Å². The molecule has 2 aromatic heterocycles. The van der Waals surface area contributed by atoms with Gasteiger partial charge in [0.25, 0.3) is 0 Å². The van der Waals surface area contributed by atoms with Crippen molar-refractivity contribution in [2.75, 3.05) is 0 Å². The van der Waals surface area contributed by atoms with Crippen LogP contribution in [-0.2, 0) is 13.6 Å². The molecule has 0 radical (unpaired) electrons. The maximum absolute atomic E-state index is 4.52. The van der Waals surface area contributed by atoms with E-state index in [9.17, 15) is 0 Å². The number of aromatic nitrogens is 3. The van der Waals surface area contributed by atoms with Crippen LogP contribution in [0.25, 0.3) is 11.3 Å². The highest BCUT2D eigenvalue weighted by molar-refractivity contribution is 5.61. The first kappa shape index (κ1) is 10.5. The predicted octanol–water partition coefficient (Wildman–Crippen LogP) is 1.73. The molecule has 17 heavy (non-hydrogen) atoms. The van der Waals surface area contributed by atoms with E-state index in [1.54, 1.807) is 6.20 Å². The lowest BCUT2D eigenvalue weighted by atomic mass is 10.1. The van der Waals surface area contributed by atoms with Crippen LogP contribution in [0.15, 0.2) is 30.7 Å². The molecule has 0 bridgehead atoms. The van der Waals surface area contributed by atoms with Crippen molar-refractivity contribution in [2.45, 2.75) is 25.4 Å². The quantitative estimate of drug-likeness (QED) is 0.866. The van der Waals surface area contributed by atoms with Gasteiger partial charge in [-0.1, -0.05) is 0 Å². The zero-order chi connectivity index (χ0) is 11.7. The Morgan fingerprint density at radius 1 is 1.47 bits per heavy atom. The highest BCUT2D eigenvalue weighted by Crippen LogP contribution is 2.23. The molecule has 0 saturated heterocycles. The van der Waals surface area contributed by atoms with Gasteiger partial charge in [-0.2, -0.15) is 5.10 Å². The summed E-state index contributed by atoms with van der Waals surface area (Å²) in [6.45, 7) is 0.892. The van der Waals surface area contributed by atoms with Crippen LogP contribution in [0.4, 0.5) is 0 Å². The average molecular weight is 228 g/mol. The first-order valence-corrected chi connectivity index (χ1v) is 5.99. The average Bonchev–Trinajstić information content (AvgIpc) is 3.11. The van der Waals surface area contributed by atoms with E-state index in [1.165, 1.54) is 18.4 Å². The van der Waals surface area contributed by atoms with E-state index in [2.05, 4.69) is 27.7 Å². The second kappa shape index (κ2) is 4.30. The molecule has 1 aliphatic carbocycles. The third kappa shape index (κ3) is 2.36. The number of rotatable bonds is 4. The minimum Gasteiger partial charge on any atom is -0.310 e. The van der Waals surface area contributed by atoms with Crippen LogP contribution in [0.5, 0.6) is 0 Å². The summed E-state index contributed by atoms with van der Waals surface area (Å²) in [5.74, 6) is 0. The summed E-state index contributed by atoms with van der Waals surface area (Å²) < 4.78 is 1.87. The number of aryl methyl sites for hydroxylation is 1. The maximum Gasteiger partial charge on any atom is 0.0983 e. The van der Waals surface area contributed by atoms with Gasteiger partial charge < -0.3 is 5.32 Å². The zero-order valence-corrected chi connectivity index (χ0v) is 9.93. The lowest BCUT2D eigenvalue weighted by Gasteiger charge is -2.03. The Morgan fingerprint density at radius 3 is 3.06 bits per heavy atom. The number of nitrogens with zero attached hydrogens (tertiary/aromatic N) is 3. The van der Waals surface area contributed by atoms with Gasteiger partial charge in [-0.3, -0.25) is 9.67 Å². The summed E-state index contributed by atoms with van der Waals surface area (Å²) >= 11 is 0. The van der Waals surface area contributed by atoms with Gasteiger partial charge in [0, 0.05) is 49.4 Å². The van der Waals surface area contributed by atoms with Crippen molar-refractivity contribution in [2.24, 2.45) is 7.05 Å². The van der Waals surface area contributed by atoms with Gasteiger partial charge in [-0.15, -0.1) is 0 Å². The molecule has 3 rings (SSSR count). The topological polar surface area (TPSA) is 42.7 Å². The summed E-state index contributed by atoms with van der Waals surface area (Å²) in [4.78, 5) is 4.15. The molecule has 88 valence electrons. The molecule has 2 aromatic rings. The van der Waals surface area contributed by atoms with Crippen LogP contribution in [0.3, 0.4) is 0 Å². The number of hydrogen-bond donors (Lipinski definition) is 1. The predicted molar refractivity (Wildman–Crippen MR) is 66.3 cm³/mol. The van der Waals surface area contributed by atoms with Crippen molar-refractivity contribution in [3.8, 4) is 11.3 Å². The fourth-order valence-corrected chi connectivity index (χ4v) is 1.95. The number of hydrogen-bond acceptors (Lipinski definition) is 3. The van der Waals surface area contributed by atoms with E-state index in [1.807, 2.05) is 24.0 Å². The van der Waals surface area contributed by atoms with Crippen LogP contribution in [0.1, 0.15) is 18.4 Å². The van der Waals surface area contributed by atoms with Crippen LogP contribution in [-0.4, -0.2) is 20.8 Å². The zero-order valence-electron chi connectivity index (χ0n) is 9.93. The molecule has 4 nitrogen and oxygen atoms in total. The van der Waals surface area contributed by atoms with E-state index >= 15 is 0 Å². The van der Waals surface area contributed by atoms with Crippen LogP contribution >= 0.6 is 0 Å². The van der Waals surface area contributed by atoms with Crippen molar-refractivity contribution in [3.63, 3.8) is 0 Å². The normalized spacial score (nSPS) is 15.1. The molecular formula is C13H16N4. The molecule has 1 fully saturated rings. The Bertz CT molecular complexity index is 499. The Balaban J connectivity index is 1.86. The van der Waals surface area contributed by atoms with Gasteiger partial charge in [0.1, 0.15) is 0 Å². The highest BCUT2D eigenvalue weighted by Gasteiger charge is 2.21. The number of nitrogens with one attached hydrogen (secondary N) is 1. The summed E-state index contributed by atoms with van der Waals surface area (Å²) in [6.07, 6.45) is 8.35. The Kier molecular flexibility index (Phi) is 2.65. The van der Waals surface area contributed by atoms with Crippen molar-refractivity contribution in [1.29, 1.82) is 0 Å². The maximum atomic E-state index is 4.52. The Labute approximate surface area is 101 Å². The number of pyridine rings is 1. The van der Waals surface area contributed by atoms with Crippen LogP contribution in [0, 0.1) is 0 Å². The lowest BCUT2D eigenvalue weighted by molar-refractivity contribution is 0.687. The molecule has 1 saturated carbocycles. The fraction of sp³-hybridized carbons (Fsp3) is 0.385. The summed E-state index contributed by atoms with van der Waals surface area (Å²) in [5.41, 5.74) is 3.36. The van der Waals surface area contributed by atoms with Gasteiger partial charge >= 0.3 is 0 Å². The SMILES string of the molecule is Cn1cc(CNC2CC2)c(-c2cccnc2)n1. The molecule has 0 aromatic carbocycles. The molecule has 2 heterocycles. The monoisotopic (exact) mass is 228 g/mol. The molecule has 0 amide bonds. The second-order valence-corrected chi connectivity index (χ2v) is 4.57. The Morgan fingerprint density at radius 2 is 2.35 bits per heavy atom. The molecule has 1 aliphatic rings. The highest BCUT2D eigenvalue weighted by atomic mass is 15.3. The van der Waals surface area contributed by atoms with E-state index in [0.717, 1.165) is 23.8 Å². The molecule has 4 heteroatoms. The van der Waals surface area contributed by atoms with Gasteiger partial charge in [-0.25, -0.2) is 0 Å². The van der Waals surface area contributed by atoms with E-state index in [0.29, 0.717) is 0 Å². The molecule has 0 spiro atoms. The standard InChI is InChI=1S/C13H16N4/c1-17-9-11(8-15-12-4-5-12)13(16-17)10-3-2-6-14-7-10/h2-3,6-7,9,12,15H,4-5,8H2,1H3. The molecule has 0 aliphatic heterocycles. The van der Waals surface area contributed by atoms with Gasteiger partial charge in [-0.05, 0) is 25.0 Å². The molecule has 0 unspecified atom stereocenters. The third-order valence-corrected chi connectivity index (χ3v) is 3.00. The second-order valence-electron chi connectivity index (χ2n) is 4.57. The summed E-state index contributed by atoms with van der Waals surface area (Å²) in [7, 11) is 1.96. The lowest BCUT2D eigenvalue weighted by Crippen LogP contribution is -2.15. The molecule has 1 N–H and O–H groups in total. The Hall–Kier alpha value is -1.68. The van der Waals surface area contributed by atoms with E-state index < -0.39 is 0 Å². The third-order valence-electron chi connectivity index (χ3n) is 3.00. The minimum absolute atomic E-state index is 0.719. The van der Waals surface area contributed by atoms with Crippen molar-refractivity contribution >= 4 is 0 Å². The van der Waals surface area contributed by atoms with Crippen molar-refractivity contribution in [3.05, 3.63) is 36.3 Å².